The Morgan fingerprint density at radius 1 is 1.13 bits per heavy atom. The molecule has 1 aromatic carbocycles. The molecule has 148 valence electrons. The molecular weight excluding hydrogens is 390 g/mol. The predicted molar refractivity (Wildman–Crippen MR) is 105 cm³/mol. The van der Waals surface area contributed by atoms with E-state index in [1.807, 2.05) is 0 Å². The van der Waals surface area contributed by atoms with Gasteiger partial charge in [-0.1, -0.05) is 12.1 Å². The van der Waals surface area contributed by atoms with Crippen molar-refractivity contribution >= 4 is 16.6 Å². The lowest BCUT2D eigenvalue weighted by molar-refractivity contribution is -0.385. The second-order valence-electron chi connectivity index (χ2n) is 6.43. The lowest BCUT2D eigenvalue weighted by Crippen LogP contribution is -2.30. The number of nitrogens with zero attached hydrogens (tertiary/aromatic N) is 5. The number of hydrogen-bond donors (Lipinski definition) is 0. The number of para-hydroxylation sites is 1. The van der Waals surface area contributed by atoms with Gasteiger partial charge in [0.15, 0.2) is 0 Å². The minimum atomic E-state index is -0.713. The van der Waals surface area contributed by atoms with Gasteiger partial charge in [-0.15, -0.1) is 0 Å². The summed E-state index contributed by atoms with van der Waals surface area (Å²) in [4.78, 5) is 40.6. The molecular formula is C20H13N5O5. The zero-order chi connectivity index (χ0) is 21.3. The van der Waals surface area contributed by atoms with Crippen molar-refractivity contribution in [2.45, 2.75) is 13.1 Å². The normalized spacial score (nSPS) is 10.8. The van der Waals surface area contributed by atoms with E-state index in [-0.39, 0.29) is 30.0 Å². The average Bonchev–Trinajstić information content (AvgIpc) is 3.25. The van der Waals surface area contributed by atoms with Crippen LogP contribution in [0.25, 0.3) is 10.9 Å². The molecule has 4 rings (SSSR count). The first kappa shape index (κ1) is 18.8. The van der Waals surface area contributed by atoms with Crippen molar-refractivity contribution in [3.63, 3.8) is 0 Å². The van der Waals surface area contributed by atoms with Crippen molar-refractivity contribution in [2.75, 3.05) is 0 Å². The Morgan fingerprint density at radius 3 is 2.63 bits per heavy atom. The van der Waals surface area contributed by atoms with Gasteiger partial charge in [0.25, 0.3) is 16.8 Å². The van der Waals surface area contributed by atoms with Gasteiger partial charge in [0, 0.05) is 6.07 Å². The van der Waals surface area contributed by atoms with E-state index in [1.54, 1.807) is 42.5 Å². The molecule has 0 unspecified atom stereocenters. The molecule has 0 N–H and O–H groups in total. The van der Waals surface area contributed by atoms with Gasteiger partial charge in [-0.2, -0.15) is 5.26 Å². The Labute approximate surface area is 168 Å². The summed E-state index contributed by atoms with van der Waals surface area (Å²) in [5.41, 5.74) is -1.41. The smallest absolute Gasteiger partial charge is 0.287 e. The maximum atomic E-state index is 13.1. The third-order valence-electron chi connectivity index (χ3n) is 4.55. The summed E-state index contributed by atoms with van der Waals surface area (Å²) in [6.45, 7) is -0.177. The molecule has 0 radical (unpaired) electrons. The van der Waals surface area contributed by atoms with E-state index < -0.39 is 16.2 Å². The third kappa shape index (κ3) is 3.35. The molecule has 10 heteroatoms. The summed E-state index contributed by atoms with van der Waals surface area (Å²) in [5.74, 6) is 0.695. The van der Waals surface area contributed by atoms with Crippen LogP contribution in [-0.4, -0.2) is 19.0 Å². The molecule has 0 saturated carbocycles. The molecule has 3 heterocycles. The average molecular weight is 403 g/mol. The molecule has 0 atom stereocenters. The van der Waals surface area contributed by atoms with E-state index in [9.17, 15) is 19.7 Å². The zero-order valence-corrected chi connectivity index (χ0v) is 15.4. The molecule has 0 aliphatic rings. The van der Waals surface area contributed by atoms with E-state index in [0.717, 1.165) is 16.8 Å². The molecule has 0 bridgehead atoms. The van der Waals surface area contributed by atoms with Crippen LogP contribution in [0.2, 0.25) is 0 Å². The maximum absolute atomic E-state index is 13.1. The highest BCUT2D eigenvalue weighted by Crippen LogP contribution is 2.14. The summed E-state index contributed by atoms with van der Waals surface area (Å²) in [7, 11) is 0. The van der Waals surface area contributed by atoms with Crippen LogP contribution in [0.5, 0.6) is 0 Å². The van der Waals surface area contributed by atoms with Crippen LogP contribution in [0.4, 0.5) is 5.69 Å². The van der Waals surface area contributed by atoms with Crippen LogP contribution in [-0.2, 0) is 13.1 Å². The summed E-state index contributed by atoms with van der Waals surface area (Å²) in [6.07, 6.45) is 2.50. The second-order valence-corrected chi connectivity index (χ2v) is 6.43. The summed E-state index contributed by atoms with van der Waals surface area (Å²) in [5, 5.41) is 20.7. The van der Waals surface area contributed by atoms with Gasteiger partial charge in [-0.05, 0) is 24.3 Å². The van der Waals surface area contributed by atoms with Crippen molar-refractivity contribution in [2.24, 2.45) is 0 Å². The first-order valence-electron chi connectivity index (χ1n) is 8.77. The quantitative estimate of drug-likeness (QED) is 0.367. The van der Waals surface area contributed by atoms with Gasteiger partial charge >= 0.3 is 0 Å². The predicted octanol–water partition coefficient (Wildman–Crippen LogP) is 2.03. The van der Waals surface area contributed by atoms with Crippen LogP contribution in [0.15, 0.2) is 68.9 Å². The maximum Gasteiger partial charge on any atom is 0.287 e. The Bertz CT molecular complexity index is 1430. The van der Waals surface area contributed by atoms with Crippen LogP contribution in [0.1, 0.15) is 17.1 Å². The van der Waals surface area contributed by atoms with Crippen molar-refractivity contribution in [3.05, 3.63) is 103 Å². The number of fused-ring (bicyclic) bond motifs is 1. The Morgan fingerprint density at radius 2 is 1.93 bits per heavy atom. The van der Waals surface area contributed by atoms with Crippen LogP contribution >= 0.6 is 0 Å². The van der Waals surface area contributed by atoms with E-state index in [1.165, 1.54) is 10.8 Å². The highest BCUT2D eigenvalue weighted by Gasteiger charge is 2.17. The molecule has 0 aliphatic heterocycles. The first-order valence-corrected chi connectivity index (χ1v) is 8.77. The van der Waals surface area contributed by atoms with E-state index in [4.69, 9.17) is 9.68 Å². The Kier molecular flexibility index (Phi) is 4.69. The monoisotopic (exact) mass is 403 g/mol. The van der Waals surface area contributed by atoms with Crippen molar-refractivity contribution < 1.29 is 9.34 Å². The number of nitro groups is 1. The number of rotatable bonds is 5. The fourth-order valence-electron chi connectivity index (χ4n) is 3.13. The fourth-order valence-corrected chi connectivity index (χ4v) is 3.13. The molecule has 0 saturated heterocycles. The minimum Gasteiger partial charge on any atom is -0.467 e. The minimum absolute atomic E-state index is 0.0633. The van der Waals surface area contributed by atoms with Gasteiger partial charge in [-0.25, -0.2) is 4.98 Å². The molecule has 4 aromatic rings. The third-order valence-corrected chi connectivity index (χ3v) is 4.55. The topological polar surface area (TPSA) is 137 Å². The zero-order valence-electron chi connectivity index (χ0n) is 15.4. The number of aromatic nitrogens is 3. The number of nitriles is 1. The summed E-state index contributed by atoms with van der Waals surface area (Å²) in [6, 6.07) is 12.7. The Balaban J connectivity index is 1.92. The molecule has 0 fully saturated rings. The fraction of sp³-hybridized carbons (Fsp3) is 0.100. The van der Waals surface area contributed by atoms with Crippen LogP contribution in [0.3, 0.4) is 0 Å². The molecule has 0 aliphatic carbocycles. The molecule has 10 nitrogen and oxygen atoms in total. The van der Waals surface area contributed by atoms with E-state index >= 15 is 0 Å². The van der Waals surface area contributed by atoms with Crippen LogP contribution < -0.4 is 11.1 Å². The van der Waals surface area contributed by atoms with Gasteiger partial charge in [-0.3, -0.25) is 24.3 Å². The highest BCUT2D eigenvalue weighted by atomic mass is 16.6. The first-order chi connectivity index (χ1) is 14.5. The van der Waals surface area contributed by atoms with Crippen LogP contribution in [0, 0.1) is 21.4 Å². The molecule has 30 heavy (non-hydrogen) atoms. The number of pyridine rings is 1. The standard InChI is InChI=1S/C20H13N5O5/c21-9-13-8-14(25(28)29)10-23(19(13)26)12-18-22-17-6-2-1-5-16(17)20(27)24(18)11-15-4-3-7-30-15/h1-8,10H,11-12H2. The van der Waals surface area contributed by atoms with Crippen molar-refractivity contribution in [3.8, 4) is 6.07 Å². The van der Waals surface area contributed by atoms with Gasteiger partial charge in [0.05, 0.1) is 41.4 Å². The summed E-state index contributed by atoms with van der Waals surface area (Å²) < 4.78 is 7.68. The summed E-state index contributed by atoms with van der Waals surface area (Å²) >= 11 is 0. The molecule has 3 aromatic heterocycles. The van der Waals surface area contributed by atoms with Gasteiger partial charge in [0.1, 0.15) is 23.2 Å². The SMILES string of the molecule is N#Cc1cc([N+](=O)[O-])cn(Cc2nc3ccccc3c(=O)n2Cc2ccco2)c1=O. The number of furan rings is 1. The van der Waals surface area contributed by atoms with Crippen molar-refractivity contribution in [1.29, 1.82) is 5.26 Å². The lowest BCUT2D eigenvalue weighted by atomic mass is 10.2. The molecule has 0 spiro atoms. The van der Waals surface area contributed by atoms with Crippen molar-refractivity contribution in [1.82, 2.24) is 14.1 Å². The van der Waals surface area contributed by atoms with Gasteiger partial charge < -0.3 is 8.98 Å². The largest absolute Gasteiger partial charge is 0.467 e. The number of hydrogen-bond acceptors (Lipinski definition) is 7. The molecule has 0 amide bonds. The van der Waals surface area contributed by atoms with E-state index in [0.29, 0.717) is 16.7 Å². The Hall–Kier alpha value is -4.52. The highest BCUT2D eigenvalue weighted by molar-refractivity contribution is 5.77. The van der Waals surface area contributed by atoms with Gasteiger partial charge in [0.2, 0.25) is 0 Å². The number of benzene rings is 1. The lowest BCUT2D eigenvalue weighted by Gasteiger charge is -2.14. The van der Waals surface area contributed by atoms with E-state index in [2.05, 4.69) is 4.98 Å². The second kappa shape index (κ2) is 7.48.